The van der Waals surface area contributed by atoms with Crippen LogP contribution >= 0.6 is 0 Å². The largest absolute Gasteiger partial charge is 0.299 e. The molecule has 0 unspecified atom stereocenters. The van der Waals surface area contributed by atoms with Crippen molar-refractivity contribution in [1.82, 2.24) is 10.3 Å². The molecule has 1 fully saturated rings. The maximum Gasteiger partial charge on any atom is 0.269 e. The van der Waals surface area contributed by atoms with E-state index in [9.17, 15) is 14.9 Å². The van der Waals surface area contributed by atoms with E-state index in [2.05, 4.69) is 27.6 Å². The predicted octanol–water partition coefficient (Wildman–Crippen LogP) is 4.11. The van der Waals surface area contributed by atoms with Crippen LogP contribution in [0.1, 0.15) is 24.0 Å². The maximum absolute atomic E-state index is 12.5. The quantitative estimate of drug-likeness (QED) is 0.372. The molecule has 3 aromatic rings. The van der Waals surface area contributed by atoms with Crippen molar-refractivity contribution in [2.75, 3.05) is 13.1 Å². The minimum Gasteiger partial charge on any atom is -0.299 e. The first-order chi connectivity index (χ1) is 15.1. The molecular weight excluding hydrogens is 392 g/mol. The lowest BCUT2D eigenvalue weighted by Gasteiger charge is -2.30. The Labute approximate surface area is 180 Å². The Kier molecular flexibility index (Phi) is 6.33. The third kappa shape index (κ3) is 5.13. The molecule has 0 bridgehead atoms. The lowest BCUT2D eigenvalue weighted by molar-refractivity contribution is -0.384. The van der Waals surface area contributed by atoms with Crippen LogP contribution in [0.15, 0.2) is 71.8 Å². The van der Waals surface area contributed by atoms with Gasteiger partial charge in [0.15, 0.2) is 0 Å². The van der Waals surface area contributed by atoms with Gasteiger partial charge in [-0.15, -0.1) is 0 Å². The fourth-order valence-electron chi connectivity index (χ4n) is 3.95. The molecule has 0 atom stereocenters. The van der Waals surface area contributed by atoms with Gasteiger partial charge in [-0.1, -0.05) is 54.6 Å². The van der Waals surface area contributed by atoms with Crippen molar-refractivity contribution in [3.05, 3.63) is 88.0 Å². The Morgan fingerprint density at radius 3 is 2.52 bits per heavy atom. The second-order valence-corrected chi connectivity index (χ2v) is 7.78. The highest BCUT2D eigenvalue weighted by Crippen LogP contribution is 2.21. The fraction of sp³-hybridized carbons (Fsp3) is 0.250. The number of hydrazone groups is 1. The van der Waals surface area contributed by atoms with Gasteiger partial charge in [-0.2, -0.15) is 5.10 Å². The summed E-state index contributed by atoms with van der Waals surface area (Å²) >= 11 is 0. The molecule has 0 radical (unpaired) electrons. The molecule has 3 aromatic carbocycles. The molecule has 0 saturated carbocycles. The number of nitrogens with zero attached hydrogens (tertiary/aromatic N) is 3. The van der Waals surface area contributed by atoms with Crippen LogP contribution in [-0.4, -0.2) is 35.0 Å². The van der Waals surface area contributed by atoms with E-state index in [0.717, 1.165) is 54.4 Å². The number of carbonyl (C=O) groups is 1. The van der Waals surface area contributed by atoms with Gasteiger partial charge in [-0.05, 0) is 42.3 Å². The minimum absolute atomic E-state index is 0.0496. The molecule has 1 amide bonds. The molecule has 1 N–H and O–H groups in total. The molecule has 158 valence electrons. The van der Waals surface area contributed by atoms with Crippen LogP contribution in [0.25, 0.3) is 10.8 Å². The van der Waals surface area contributed by atoms with Gasteiger partial charge in [-0.25, -0.2) is 5.43 Å². The molecule has 7 nitrogen and oxygen atoms in total. The van der Waals surface area contributed by atoms with Crippen molar-refractivity contribution < 1.29 is 9.72 Å². The Balaban J connectivity index is 1.27. The van der Waals surface area contributed by atoms with E-state index in [1.165, 1.54) is 12.1 Å². The topological polar surface area (TPSA) is 87.8 Å². The number of amides is 1. The predicted molar refractivity (Wildman–Crippen MR) is 121 cm³/mol. The zero-order valence-electron chi connectivity index (χ0n) is 17.1. The number of hydrogen-bond acceptors (Lipinski definition) is 5. The standard InChI is InChI=1S/C24H24N4O3/c29-24(26-25-16-21-6-3-5-19-4-1-2-7-23(19)21)20-12-14-27(15-13-20)17-18-8-10-22(11-9-18)28(30)31/h1-11,16,20H,12-15,17H2,(H,26,29)/b25-16-. The lowest BCUT2D eigenvalue weighted by Crippen LogP contribution is -2.39. The molecule has 7 heteroatoms. The summed E-state index contributed by atoms with van der Waals surface area (Å²) < 4.78 is 0. The Bertz CT molecular complexity index is 1100. The van der Waals surface area contributed by atoms with Crippen molar-refractivity contribution in [2.24, 2.45) is 11.0 Å². The number of nitrogens with one attached hydrogen (secondary N) is 1. The molecule has 1 aliphatic rings. The molecule has 1 aliphatic heterocycles. The number of nitro groups is 1. The molecule has 31 heavy (non-hydrogen) atoms. The van der Waals surface area contributed by atoms with Crippen molar-refractivity contribution >= 4 is 28.6 Å². The maximum atomic E-state index is 12.5. The Morgan fingerprint density at radius 2 is 1.77 bits per heavy atom. The van der Waals surface area contributed by atoms with Crippen molar-refractivity contribution in [3.63, 3.8) is 0 Å². The first kappa shape index (κ1) is 20.7. The molecule has 0 spiro atoms. The number of hydrogen-bond donors (Lipinski definition) is 1. The number of carbonyl (C=O) groups excluding carboxylic acids is 1. The van der Waals surface area contributed by atoms with Crippen LogP contribution < -0.4 is 5.43 Å². The van der Waals surface area contributed by atoms with Gasteiger partial charge in [0, 0.05) is 30.2 Å². The van der Waals surface area contributed by atoms with E-state index in [1.54, 1.807) is 18.3 Å². The monoisotopic (exact) mass is 416 g/mol. The van der Waals surface area contributed by atoms with E-state index in [-0.39, 0.29) is 17.5 Å². The van der Waals surface area contributed by atoms with Crippen LogP contribution in [0.3, 0.4) is 0 Å². The highest BCUT2D eigenvalue weighted by Gasteiger charge is 2.24. The van der Waals surface area contributed by atoms with E-state index in [0.29, 0.717) is 0 Å². The summed E-state index contributed by atoms with van der Waals surface area (Å²) in [6.45, 7) is 2.34. The number of piperidine rings is 1. The SMILES string of the molecule is O=C(N/N=C\c1cccc2ccccc12)C1CCN(Cc2ccc([N+](=O)[O-])cc2)CC1. The van der Waals surface area contributed by atoms with Gasteiger partial charge in [0.2, 0.25) is 5.91 Å². The van der Waals surface area contributed by atoms with Gasteiger partial charge in [0.1, 0.15) is 0 Å². The summed E-state index contributed by atoms with van der Waals surface area (Å²) in [5.74, 6) is -0.107. The summed E-state index contributed by atoms with van der Waals surface area (Å²) in [5.41, 5.74) is 4.80. The summed E-state index contributed by atoms with van der Waals surface area (Å²) in [4.78, 5) is 25.1. The van der Waals surface area contributed by atoms with E-state index >= 15 is 0 Å². The number of likely N-dealkylation sites (tertiary alicyclic amines) is 1. The minimum atomic E-state index is -0.392. The zero-order valence-corrected chi connectivity index (χ0v) is 17.1. The Morgan fingerprint density at radius 1 is 1.06 bits per heavy atom. The number of non-ortho nitro benzene ring substituents is 1. The van der Waals surface area contributed by atoms with Crippen molar-refractivity contribution in [1.29, 1.82) is 0 Å². The van der Waals surface area contributed by atoms with Crippen LogP contribution in [0.5, 0.6) is 0 Å². The average Bonchev–Trinajstić information content (AvgIpc) is 2.80. The molecule has 0 aromatic heterocycles. The van der Waals surface area contributed by atoms with Gasteiger partial charge in [-0.3, -0.25) is 19.8 Å². The first-order valence-electron chi connectivity index (χ1n) is 10.4. The van der Waals surface area contributed by atoms with Crippen LogP contribution in [0, 0.1) is 16.0 Å². The second-order valence-electron chi connectivity index (χ2n) is 7.78. The van der Waals surface area contributed by atoms with E-state index in [4.69, 9.17) is 0 Å². The van der Waals surface area contributed by atoms with Crippen molar-refractivity contribution in [2.45, 2.75) is 19.4 Å². The molecule has 1 heterocycles. The molecule has 4 rings (SSSR count). The lowest BCUT2D eigenvalue weighted by atomic mass is 9.96. The van der Waals surface area contributed by atoms with Gasteiger partial charge >= 0.3 is 0 Å². The zero-order chi connectivity index (χ0) is 21.6. The number of nitro benzene ring substituents is 1. The van der Waals surface area contributed by atoms with Gasteiger partial charge in [0.05, 0.1) is 11.1 Å². The Hall–Kier alpha value is -3.58. The second kappa shape index (κ2) is 9.49. The highest BCUT2D eigenvalue weighted by molar-refractivity contribution is 5.99. The number of fused-ring (bicyclic) bond motifs is 1. The van der Waals surface area contributed by atoms with Gasteiger partial charge in [0.25, 0.3) is 5.69 Å². The third-order valence-corrected chi connectivity index (χ3v) is 5.71. The van der Waals surface area contributed by atoms with E-state index in [1.807, 2.05) is 30.3 Å². The van der Waals surface area contributed by atoms with Crippen LogP contribution in [0.2, 0.25) is 0 Å². The summed E-state index contributed by atoms with van der Waals surface area (Å²) in [6.07, 6.45) is 3.23. The van der Waals surface area contributed by atoms with E-state index < -0.39 is 4.92 Å². The van der Waals surface area contributed by atoms with Crippen LogP contribution in [0.4, 0.5) is 5.69 Å². The van der Waals surface area contributed by atoms with Gasteiger partial charge < -0.3 is 0 Å². The molecular formula is C24H24N4O3. The third-order valence-electron chi connectivity index (χ3n) is 5.71. The normalized spacial score (nSPS) is 15.4. The summed E-state index contributed by atoms with van der Waals surface area (Å²) in [6, 6.07) is 20.7. The summed E-state index contributed by atoms with van der Waals surface area (Å²) in [5, 5.41) is 17.2. The number of benzene rings is 3. The van der Waals surface area contributed by atoms with Crippen LogP contribution in [-0.2, 0) is 11.3 Å². The number of rotatable bonds is 6. The molecule has 1 saturated heterocycles. The average molecular weight is 416 g/mol. The first-order valence-corrected chi connectivity index (χ1v) is 10.4. The highest BCUT2D eigenvalue weighted by atomic mass is 16.6. The smallest absolute Gasteiger partial charge is 0.269 e. The summed E-state index contributed by atoms with van der Waals surface area (Å²) in [7, 11) is 0. The van der Waals surface area contributed by atoms with Crippen molar-refractivity contribution in [3.8, 4) is 0 Å². The fourth-order valence-corrected chi connectivity index (χ4v) is 3.95. The molecule has 0 aliphatic carbocycles.